The van der Waals surface area contributed by atoms with E-state index in [1.54, 1.807) is 17.0 Å². The molecule has 4 heteroatoms. The lowest BCUT2D eigenvalue weighted by Gasteiger charge is -2.27. The Hall–Kier alpha value is -1.22. The van der Waals surface area contributed by atoms with Gasteiger partial charge >= 0.3 is 6.03 Å². The number of nitrogens with zero attached hydrogens (tertiary/aromatic N) is 1. The Kier molecular flexibility index (Phi) is 3.34. The Morgan fingerprint density at radius 3 is 2.62 bits per heavy atom. The number of nitrogens with two attached hydrogens (primary N) is 1. The molecule has 2 amide bonds. The molecule has 1 fully saturated rings. The predicted octanol–water partition coefficient (Wildman–Crippen LogP) is 3.17. The fraction of sp³-hybridized carbons (Fsp3) is 0.417. The zero-order chi connectivity index (χ0) is 11.5. The van der Waals surface area contributed by atoms with Crippen LogP contribution in [0.5, 0.6) is 0 Å². The van der Waals surface area contributed by atoms with E-state index in [0.29, 0.717) is 5.02 Å². The molecule has 0 aromatic heterocycles. The van der Waals surface area contributed by atoms with Crippen LogP contribution in [0.4, 0.5) is 10.5 Å². The van der Waals surface area contributed by atoms with Crippen molar-refractivity contribution in [2.24, 2.45) is 5.73 Å². The largest absolute Gasteiger partial charge is 0.351 e. The van der Waals surface area contributed by atoms with Gasteiger partial charge in [0.15, 0.2) is 0 Å². The standard InChI is InChI=1S/C12H15ClN2O/c13-9-4-3-7-11(8-9)15(12(14)16)10-5-1-2-6-10/h3-4,7-8,10H,1-2,5-6H2,(H2,14,16). The van der Waals surface area contributed by atoms with Gasteiger partial charge < -0.3 is 5.73 Å². The maximum Gasteiger partial charge on any atom is 0.319 e. The first-order valence-corrected chi connectivity index (χ1v) is 5.90. The molecule has 2 N–H and O–H groups in total. The van der Waals surface area contributed by atoms with Crippen molar-refractivity contribution >= 4 is 23.3 Å². The average Bonchev–Trinajstić information content (AvgIpc) is 2.71. The topological polar surface area (TPSA) is 46.3 Å². The van der Waals surface area contributed by atoms with Gasteiger partial charge in [-0.3, -0.25) is 4.90 Å². The van der Waals surface area contributed by atoms with Crippen LogP contribution in [0.3, 0.4) is 0 Å². The first-order valence-electron chi connectivity index (χ1n) is 5.53. The molecule has 2 rings (SSSR count). The maximum absolute atomic E-state index is 11.5. The summed E-state index contributed by atoms with van der Waals surface area (Å²) in [6.07, 6.45) is 4.37. The third-order valence-electron chi connectivity index (χ3n) is 3.01. The van der Waals surface area contributed by atoms with Crippen LogP contribution < -0.4 is 10.6 Å². The SMILES string of the molecule is NC(=O)N(c1cccc(Cl)c1)C1CCCC1. The summed E-state index contributed by atoms with van der Waals surface area (Å²) in [5.74, 6) is 0. The lowest BCUT2D eigenvalue weighted by molar-refractivity contribution is 0.251. The molecule has 0 aliphatic heterocycles. The van der Waals surface area contributed by atoms with Gasteiger partial charge in [-0.05, 0) is 31.0 Å². The number of benzene rings is 1. The van der Waals surface area contributed by atoms with Gasteiger partial charge in [0.25, 0.3) is 0 Å². The summed E-state index contributed by atoms with van der Waals surface area (Å²) in [5.41, 5.74) is 6.24. The Bertz CT molecular complexity index is 388. The van der Waals surface area contributed by atoms with E-state index in [9.17, 15) is 4.79 Å². The molecule has 0 unspecified atom stereocenters. The van der Waals surface area contributed by atoms with Gasteiger partial charge in [0.2, 0.25) is 0 Å². The van der Waals surface area contributed by atoms with Crippen molar-refractivity contribution in [3.05, 3.63) is 29.3 Å². The first-order chi connectivity index (χ1) is 7.68. The van der Waals surface area contributed by atoms with E-state index in [1.807, 2.05) is 12.1 Å². The number of carbonyl (C=O) groups excluding carboxylic acids is 1. The summed E-state index contributed by atoms with van der Waals surface area (Å²) in [5, 5.41) is 0.627. The highest BCUT2D eigenvalue weighted by Crippen LogP contribution is 2.29. The summed E-state index contributed by atoms with van der Waals surface area (Å²) >= 11 is 5.92. The molecule has 0 heterocycles. The third-order valence-corrected chi connectivity index (χ3v) is 3.25. The summed E-state index contributed by atoms with van der Waals surface area (Å²) in [4.78, 5) is 13.2. The van der Waals surface area contributed by atoms with E-state index in [4.69, 9.17) is 17.3 Å². The van der Waals surface area contributed by atoms with E-state index in [2.05, 4.69) is 0 Å². The van der Waals surface area contributed by atoms with Crippen molar-refractivity contribution in [2.45, 2.75) is 31.7 Å². The molecule has 0 bridgehead atoms. The highest BCUT2D eigenvalue weighted by Gasteiger charge is 2.26. The molecule has 1 aromatic carbocycles. The normalized spacial score (nSPS) is 16.3. The monoisotopic (exact) mass is 238 g/mol. The third kappa shape index (κ3) is 2.30. The number of amides is 2. The second-order valence-electron chi connectivity index (χ2n) is 4.13. The zero-order valence-electron chi connectivity index (χ0n) is 9.03. The van der Waals surface area contributed by atoms with Crippen LogP contribution in [0.2, 0.25) is 5.02 Å². The summed E-state index contributed by atoms with van der Waals surface area (Å²) in [6, 6.07) is 7.12. The van der Waals surface area contributed by atoms with Gasteiger partial charge in [-0.2, -0.15) is 0 Å². The second kappa shape index (κ2) is 4.74. The number of urea groups is 1. The molecule has 0 atom stereocenters. The Morgan fingerprint density at radius 2 is 2.06 bits per heavy atom. The highest BCUT2D eigenvalue weighted by atomic mass is 35.5. The van der Waals surface area contributed by atoms with E-state index in [-0.39, 0.29) is 6.04 Å². The van der Waals surface area contributed by atoms with Gasteiger partial charge in [0.1, 0.15) is 0 Å². The number of anilines is 1. The van der Waals surface area contributed by atoms with Crippen molar-refractivity contribution in [1.29, 1.82) is 0 Å². The summed E-state index contributed by atoms with van der Waals surface area (Å²) in [6.45, 7) is 0. The molecule has 0 saturated heterocycles. The number of hydrogen-bond donors (Lipinski definition) is 1. The predicted molar refractivity (Wildman–Crippen MR) is 65.8 cm³/mol. The molecular formula is C12H15ClN2O. The van der Waals surface area contributed by atoms with E-state index < -0.39 is 6.03 Å². The van der Waals surface area contributed by atoms with Gasteiger partial charge in [-0.1, -0.05) is 30.5 Å². The number of primary amides is 1. The molecular weight excluding hydrogens is 224 g/mol. The van der Waals surface area contributed by atoms with Crippen LogP contribution in [0.15, 0.2) is 24.3 Å². The van der Waals surface area contributed by atoms with Crippen LogP contribution in [-0.2, 0) is 0 Å². The van der Waals surface area contributed by atoms with Crippen LogP contribution >= 0.6 is 11.6 Å². The number of halogens is 1. The minimum absolute atomic E-state index is 0.232. The Balaban J connectivity index is 2.28. The molecule has 1 aliphatic rings. The van der Waals surface area contributed by atoms with Crippen LogP contribution in [0.25, 0.3) is 0 Å². The first kappa shape index (κ1) is 11.3. The number of carbonyl (C=O) groups is 1. The Morgan fingerprint density at radius 1 is 1.38 bits per heavy atom. The zero-order valence-corrected chi connectivity index (χ0v) is 9.78. The van der Waals surface area contributed by atoms with E-state index >= 15 is 0 Å². The molecule has 16 heavy (non-hydrogen) atoms. The van der Waals surface area contributed by atoms with Crippen molar-refractivity contribution in [1.82, 2.24) is 0 Å². The Labute approximate surface area is 100 Å². The second-order valence-corrected chi connectivity index (χ2v) is 4.56. The molecule has 3 nitrogen and oxygen atoms in total. The smallest absolute Gasteiger partial charge is 0.319 e. The summed E-state index contributed by atoms with van der Waals surface area (Å²) in [7, 11) is 0. The van der Waals surface area contributed by atoms with Gasteiger partial charge in [0, 0.05) is 16.8 Å². The minimum atomic E-state index is -0.394. The van der Waals surface area contributed by atoms with Gasteiger partial charge in [-0.15, -0.1) is 0 Å². The van der Waals surface area contributed by atoms with Crippen LogP contribution in [0.1, 0.15) is 25.7 Å². The molecule has 1 saturated carbocycles. The summed E-state index contributed by atoms with van der Waals surface area (Å²) < 4.78 is 0. The van der Waals surface area contributed by atoms with Crippen molar-refractivity contribution in [3.63, 3.8) is 0 Å². The van der Waals surface area contributed by atoms with Gasteiger partial charge in [0.05, 0.1) is 0 Å². The molecule has 0 radical (unpaired) electrons. The maximum atomic E-state index is 11.5. The van der Waals surface area contributed by atoms with Crippen LogP contribution in [-0.4, -0.2) is 12.1 Å². The van der Waals surface area contributed by atoms with Gasteiger partial charge in [-0.25, -0.2) is 4.79 Å². The molecule has 1 aliphatic carbocycles. The fourth-order valence-electron chi connectivity index (χ4n) is 2.31. The quantitative estimate of drug-likeness (QED) is 0.845. The number of rotatable bonds is 2. The lowest BCUT2D eigenvalue weighted by Crippen LogP contribution is -2.42. The number of hydrogen-bond acceptors (Lipinski definition) is 1. The van der Waals surface area contributed by atoms with Crippen molar-refractivity contribution < 1.29 is 4.79 Å². The molecule has 1 aromatic rings. The van der Waals surface area contributed by atoms with E-state index in [0.717, 1.165) is 31.4 Å². The molecule has 86 valence electrons. The van der Waals surface area contributed by atoms with Crippen molar-refractivity contribution in [2.75, 3.05) is 4.90 Å². The van der Waals surface area contributed by atoms with Crippen molar-refractivity contribution in [3.8, 4) is 0 Å². The van der Waals surface area contributed by atoms with E-state index in [1.165, 1.54) is 0 Å². The highest BCUT2D eigenvalue weighted by molar-refractivity contribution is 6.30. The average molecular weight is 239 g/mol. The fourth-order valence-corrected chi connectivity index (χ4v) is 2.49. The molecule has 0 spiro atoms. The van der Waals surface area contributed by atoms with Crippen LogP contribution in [0, 0.1) is 0 Å². The minimum Gasteiger partial charge on any atom is -0.351 e. The lowest BCUT2D eigenvalue weighted by atomic mass is 10.2.